The zero-order valence-electron chi connectivity index (χ0n) is 36.3. The first-order valence-corrected chi connectivity index (χ1v) is 24.5. The molecule has 16 rings (SSSR count). The minimum atomic E-state index is -0.121. The Morgan fingerprint density at radius 2 is 1.14 bits per heavy atom. The second-order valence-corrected chi connectivity index (χ2v) is 21.6. The summed E-state index contributed by atoms with van der Waals surface area (Å²) in [6.07, 6.45) is 6.84. The van der Waals surface area contributed by atoms with Gasteiger partial charge in [-0.2, -0.15) is 0 Å². The van der Waals surface area contributed by atoms with E-state index in [1.54, 1.807) is 11.1 Å². The molecular weight excluding hydrogens is 793 g/mol. The van der Waals surface area contributed by atoms with Gasteiger partial charge in [0.15, 0.2) is 0 Å². The van der Waals surface area contributed by atoms with Crippen molar-refractivity contribution in [2.75, 3.05) is 4.90 Å². The number of anilines is 3. The summed E-state index contributed by atoms with van der Waals surface area (Å²) in [4.78, 5) is 2.63. The van der Waals surface area contributed by atoms with Crippen molar-refractivity contribution in [2.45, 2.75) is 56.8 Å². The van der Waals surface area contributed by atoms with Gasteiger partial charge in [0.1, 0.15) is 0 Å². The molecular formula is C61H48N2S. The van der Waals surface area contributed by atoms with Gasteiger partial charge in [-0.25, -0.2) is 0 Å². The first-order chi connectivity index (χ1) is 31.4. The number of thiophene rings is 1. The van der Waals surface area contributed by atoms with Gasteiger partial charge in [-0.1, -0.05) is 129 Å². The SMILES string of the molecule is CC1(C)c2ccccc2-c2ccc(N(c3cccc(-c4cccc5c4sc4ccccc45)c3)c3cc4c5c(c3)c3ccccc3n5-c3ccccc3C43[C@H]4C[C@H]5C[C@H](C[C@H]3C5)C4)cc21. The number of hydrogen-bond acceptors (Lipinski definition) is 2. The Kier molecular flexibility index (Phi) is 7.11. The van der Waals surface area contributed by atoms with Crippen LogP contribution in [0.1, 0.15) is 68.2 Å². The molecule has 0 atom stereocenters. The molecule has 2 nitrogen and oxygen atoms in total. The van der Waals surface area contributed by atoms with E-state index in [4.69, 9.17) is 0 Å². The molecule has 3 heterocycles. The van der Waals surface area contributed by atoms with Gasteiger partial charge in [0.2, 0.25) is 0 Å². The van der Waals surface area contributed by atoms with Crippen LogP contribution in [0.3, 0.4) is 0 Å². The van der Waals surface area contributed by atoms with Gasteiger partial charge in [0.25, 0.3) is 0 Å². The number of hydrogen-bond donors (Lipinski definition) is 0. The maximum atomic E-state index is 2.70. The van der Waals surface area contributed by atoms with Crippen LogP contribution in [0.5, 0.6) is 0 Å². The van der Waals surface area contributed by atoms with E-state index in [2.05, 4.69) is 193 Å². The van der Waals surface area contributed by atoms with Crippen molar-refractivity contribution in [3.8, 4) is 27.9 Å². The van der Waals surface area contributed by atoms with Crippen molar-refractivity contribution in [1.29, 1.82) is 0 Å². The lowest BCUT2D eigenvalue weighted by molar-refractivity contribution is -0.0418. The predicted molar refractivity (Wildman–Crippen MR) is 269 cm³/mol. The third-order valence-corrected chi connectivity index (χ3v) is 18.3. The highest BCUT2D eigenvalue weighted by Gasteiger charge is 2.61. The van der Waals surface area contributed by atoms with Crippen molar-refractivity contribution in [3.05, 3.63) is 192 Å². The van der Waals surface area contributed by atoms with Crippen LogP contribution >= 0.6 is 11.3 Å². The lowest BCUT2D eigenvalue weighted by atomic mass is 9.41. The van der Waals surface area contributed by atoms with Gasteiger partial charge in [-0.05, 0) is 155 Å². The normalized spacial score (nSPS) is 23.0. The standard InChI is InChI=1S/C61H48N2S/c1-60(2)51-20-6-3-15-45(51)46-26-25-42(34-53(46)60)62(41-14-11-13-38(32-41)44-18-12-19-49-48-17-5-10-24-57(48)64-59(44)49)43-33-50-47-16-4-8-22-55(47)63-56-23-9-7-21-52(56)61(54(35-43)58(50)63)39-28-36-27-37(30-39)31-40(61)29-36/h3-26,32-37,39-40H,27-31H2,1-2H3/t36-,37+,39+,40-,61?. The molecule has 0 saturated heterocycles. The molecule has 64 heavy (non-hydrogen) atoms. The van der Waals surface area contributed by atoms with Crippen molar-refractivity contribution < 1.29 is 0 Å². The highest BCUT2D eigenvalue weighted by atomic mass is 32.1. The van der Waals surface area contributed by atoms with Crippen LogP contribution in [-0.4, -0.2) is 4.57 Å². The van der Waals surface area contributed by atoms with Gasteiger partial charge in [-0.15, -0.1) is 11.3 Å². The second-order valence-electron chi connectivity index (χ2n) is 20.5. The summed E-state index contributed by atoms with van der Waals surface area (Å²) in [6.45, 7) is 4.83. The van der Waals surface area contributed by atoms with E-state index in [0.717, 1.165) is 11.8 Å². The molecule has 6 aliphatic rings. The highest BCUT2D eigenvalue weighted by Crippen LogP contribution is 2.68. The number of aromatic nitrogens is 1. The van der Waals surface area contributed by atoms with E-state index >= 15 is 0 Å². The van der Waals surface area contributed by atoms with Crippen LogP contribution in [0.15, 0.2) is 170 Å². The average molecular weight is 841 g/mol. The van der Waals surface area contributed by atoms with Gasteiger partial charge < -0.3 is 9.47 Å². The fourth-order valence-electron chi connectivity index (χ4n) is 14.8. The molecule has 5 aliphatic carbocycles. The van der Waals surface area contributed by atoms with E-state index in [9.17, 15) is 0 Å². The fourth-order valence-corrected chi connectivity index (χ4v) is 16.1. The van der Waals surface area contributed by atoms with E-state index in [0.29, 0.717) is 11.8 Å². The lowest BCUT2D eigenvalue weighted by Crippen LogP contribution is -2.57. The first kappa shape index (κ1) is 36.0. The van der Waals surface area contributed by atoms with Crippen LogP contribution in [0.4, 0.5) is 17.1 Å². The number of nitrogens with zero attached hydrogens (tertiary/aromatic N) is 2. The zero-order valence-corrected chi connectivity index (χ0v) is 37.1. The van der Waals surface area contributed by atoms with Gasteiger partial charge in [0, 0.05) is 58.8 Å². The summed E-state index contributed by atoms with van der Waals surface area (Å²) in [5.41, 5.74) is 18.9. The molecule has 4 saturated carbocycles. The Labute approximate surface area is 378 Å². The van der Waals surface area contributed by atoms with Crippen molar-refractivity contribution in [2.24, 2.45) is 23.7 Å². The summed E-state index contributed by atoms with van der Waals surface area (Å²) >= 11 is 1.92. The summed E-state index contributed by atoms with van der Waals surface area (Å²) in [6, 6.07) is 65.7. The molecule has 8 aromatic carbocycles. The third-order valence-electron chi connectivity index (χ3n) is 17.1. The maximum Gasteiger partial charge on any atom is 0.0584 e. The molecule has 2 aromatic heterocycles. The highest BCUT2D eigenvalue weighted by molar-refractivity contribution is 7.26. The Bertz CT molecular complexity index is 3610. The van der Waals surface area contributed by atoms with Crippen LogP contribution < -0.4 is 4.90 Å². The third kappa shape index (κ3) is 4.56. The monoisotopic (exact) mass is 840 g/mol. The topological polar surface area (TPSA) is 8.17 Å². The van der Waals surface area contributed by atoms with Crippen LogP contribution in [0, 0.1) is 23.7 Å². The molecule has 4 bridgehead atoms. The molecule has 0 unspecified atom stereocenters. The van der Waals surface area contributed by atoms with E-state index in [1.807, 2.05) is 11.3 Å². The maximum absolute atomic E-state index is 2.70. The van der Waals surface area contributed by atoms with E-state index in [1.165, 1.54) is 130 Å². The Morgan fingerprint density at radius 1 is 0.484 bits per heavy atom. The molecule has 10 aromatic rings. The van der Waals surface area contributed by atoms with E-state index in [-0.39, 0.29) is 10.8 Å². The van der Waals surface area contributed by atoms with Gasteiger partial charge >= 0.3 is 0 Å². The van der Waals surface area contributed by atoms with Crippen LogP contribution in [0.25, 0.3) is 69.9 Å². The van der Waals surface area contributed by atoms with Gasteiger partial charge in [-0.3, -0.25) is 0 Å². The predicted octanol–water partition coefficient (Wildman–Crippen LogP) is 16.7. The summed E-state index contributed by atoms with van der Waals surface area (Å²) in [5.74, 6) is 3.03. The largest absolute Gasteiger partial charge is 0.310 e. The smallest absolute Gasteiger partial charge is 0.0584 e. The summed E-state index contributed by atoms with van der Waals surface area (Å²) < 4.78 is 5.35. The van der Waals surface area contributed by atoms with Gasteiger partial charge in [0.05, 0.1) is 16.7 Å². The van der Waals surface area contributed by atoms with Crippen molar-refractivity contribution >= 4 is 70.4 Å². The number of para-hydroxylation sites is 2. The van der Waals surface area contributed by atoms with Crippen molar-refractivity contribution in [1.82, 2.24) is 4.57 Å². The van der Waals surface area contributed by atoms with Crippen LogP contribution in [-0.2, 0) is 10.8 Å². The molecule has 0 amide bonds. The molecule has 1 spiro atoms. The summed E-state index contributed by atoms with van der Waals surface area (Å²) in [7, 11) is 0. The molecule has 1 aliphatic heterocycles. The summed E-state index contributed by atoms with van der Waals surface area (Å²) in [5, 5.41) is 5.39. The van der Waals surface area contributed by atoms with Crippen molar-refractivity contribution in [3.63, 3.8) is 0 Å². The molecule has 0 radical (unpaired) electrons. The average Bonchev–Trinajstić information content (AvgIpc) is 3.95. The lowest BCUT2D eigenvalue weighted by Gasteiger charge is -2.63. The number of rotatable bonds is 4. The quantitative estimate of drug-likeness (QED) is 0.171. The molecule has 308 valence electrons. The second kappa shape index (κ2) is 12.6. The fraction of sp³-hybridized carbons (Fsp3) is 0.213. The molecule has 3 heteroatoms. The zero-order chi connectivity index (χ0) is 42.1. The Morgan fingerprint density at radius 3 is 2.00 bits per heavy atom. The van der Waals surface area contributed by atoms with Crippen LogP contribution in [0.2, 0.25) is 0 Å². The molecule has 4 fully saturated rings. The Hall–Kier alpha value is -6.42. The number of benzene rings is 8. The number of fused-ring (bicyclic) bond motifs is 11. The minimum absolute atomic E-state index is 0.0193. The van der Waals surface area contributed by atoms with E-state index < -0.39 is 0 Å². The Balaban J connectivity index is 1.02. The minimum Gasteiger partial charge on any atom is -0.310 e. The molecule has 0 N–H and O–H groups in total. The first-order valence-electron chi connectivity index (χ1n) is 23.7.